The lowest BCUT2D eigenvalue weighted by Crippen LogP contribution is -2.38. The minimum atomic E-state index is -3.67. The van der Waals surface area contributed by atoms with E-state index in [1.807, 2.05) is 0 Å². The number of hydrogen-bond acceptors (Lipinski definition) is 3. The molecule has 7 heteroatoms. The first-order chi connectivity index (χ1) is 9.40. The van der Waals surface area contributed by atoms with Crippen molar-refractivity contribution in [3.8, 4) is 0 Å². The maximum Gasteiger partial charge on any atom is 0.352 e. The molecule has 2 atom stereocenters. The molecule has 112 valence electrons. The van der Waals surface area contributed by atoms with Crippen LogP contribution in [0.5, 0.6) is 0 Å². The molecule has 6 nitrogen and oxygen atoms in total. The van der Waals surface area contributed by atoms with Crippen LogP contribution in [0.3, 0.4) is 0 Å². The molecular formula is C13H20N2O4S. The van der Waals surface area contributed by atoms with Gasteiger partial charge in [0.05, 0.1) is 0 Å². The van der Waals surface area contributed by atoms with Gasteiger partial charge >= 0.3 is 5.97 Å². The lowest BCUT2D eigenvalue weighted by molar-refractivity contribution is 0.0691. The van der Waals surface area contributed by atoms with Gasteiger partial charge in [0.15, 0.2) is 0 Å². The summed E-state index contributed by atoms with van der Waals surface area (Å²) in [5, 5.41) is 8.82. The summed E-state index contributed by atoms with van der Waals surface area (Å²) < 4.78 is 27.3. The van der Waals surface area contributed by atoms with Crippen LogP contribution in [0.15, 0.2) is 17.2 Å². The molecule has 1 aromatic heterocycles. The van der Waals surface area contributed by atoms with Gasteiger partial charge in [-0.2, -0.15) is 0 Å². The van der Waals surface area contributed by atoms with Crippen LogP contribution in [0.2, 0.25) is 0 Å². The molecule has 20 heavy (non-hydrogen) atoms. The van der Waals surface area contributed by atoms with Crippen molar-refractivity contribution in [1.82, 2.24) is 9.71 Å². The van der Waals surface area contributed by atoms with Gasteiger partial charge in [-0.15, -0.1) is 0 Å². The Hall–Kier alpha value is -1.34. The Morgan fingerprint density at radius 3 is 2.70 bits per heavy atom. The molecule has 2 rings (SSSR count). The van der Waals surface area contributed by atoms with Gasteiger partial charge in [0.1, 0.15) is 10.6 Å². The molecule has 0 radical (unpaired) electrons. The predicted molar refractivity (Wildman–Crippen MR) is 74.1 cm³/mol. The van der Waals surface area contributed by atoms with Gasteiger partial charge in [0, 0.05) is 12.2 Å². The van der Waals surface area contributed by atoms with Crippen LogP contribution in [0.25, 0.3) is 0 Å². The molecule has 2 unspecified atom stereocenters. The third kappa shape index (κ3) is 3.40. The Bertz CT molecular complexity index is 579. The van der Waals surface area contributed by atoms with E-state index in [-0.39, 0.29) is 16.6 Å². The first-order valence-electron chi connectivity index (χ1n) is 6.84. The van der Waals surface area contributed by atoms with Crippen LogP contribution >= 0.6 is 0 Å². The second-order valence-electron chi connectivity index (χ2n) is 5.40. The number of hydrogen-bond donors (Lipinski definition) is 3. The van der Waals surface area contributed by atoms with Crippen LogP contribution in [0.1, 0.15) is 49.5 Å². The Labute approximate surface area is 118 Å². The number of carbonyl (C=O) groups is 1. The fraction of sp³-hybridized carbons (Fsp3) is 0.615. The number of aromatic carboxylic acids is 1. The van der Waals surface area contributed by atoms with Gasteiger partial charge in [0.25, 0.3) is 0 Å². The molecular weight excluding hydrogens is 280 g/mol. The van der Waals surface area contributed by atoms with E-state index in [9.17, 15) is 13.2 Å². The first kappa shape index (κ1) is 15.1. The Morgan fingerprint density at radius 2 is 2.05 bits per heavy atom. The lowest BCUT2D eigenvalue weighted by atomic mass is 9.98. The molecule has 0 spiro atoms. The smallest absolute Gasteiger partial charge is 0.352 e. The molecule has 1 fully saturated rings. The van der Waals surface area contributed by atoms with Crippen LogP contribution < -0.4 is 4.72 Å². The van der Waals surface area contributed by atoms with Crippen molar-refractivity contribution >= 4 is 16.0 Å². The summed E-state index contributed by atoms with van der Waals surface area (Å²) in [6.07, 6.45) is 6.35. The number of aromatic amines is 1. The van der Waals surface area contributed by atoms with E-state index >= 15 is 0 Å². The zero-order valence-corrected chi connectivity index (χ0v) is 12.2. The van der Waals surface area contributed by atoms with Crippen molar-refractivity contribution in [2.75, 3.05) is 0 Å². The predicted octanol–water partition coefficient (Wildman–Crippen LogP) is 1.96. The standard InChI is InChI=1S/C13H20N2O4S/c1-9-5-3-2-4-6-11(9)15-20(18,19)10-7-12(13(16)17)14-8-10/h7-9,11,14-15H,2-6H2,1H3,(H,16,17). The van der Waals surface area contributed by atoms with E-state index in [4.69, 9.17) is 5.11 Å². The van der Waals surface area contributed by atoms with Gasteiger partial charge in [-0.1, -0.05) is 26.2 Å². The van der Waals surface area contributed by atoms with Crippen LogP contribution in [0, 0.1) is 5.92 Å². The zero-order chi connectivity index (χ0) is 14.8. The average Bonchev–Trinajstić information content (AvgIpc) is 2.79. The van der Waals surface area contributed by atoms with E-state index in [0.717, 1.165) is 38.2 Å². The molecule has 1 heterocycles. The molecule has 0 aliphatic heterocycles. The highest BCUT2D eigenvalue weighted by molar-refractivity contribution is 7.89. The molecule has 0 aromatic carbocycles. The number of sulfonamides is 1. The topological polar surface area (TPSA) is 99.3 Å². The van der Waals surface area contributed by atoms with E-state index < -0.39 is 16.0 Å². The van der Waals surface area contributed by atoms with Crippen molar-refractivity contribution in [3.63, 3.8) is 0 Å². The summed E-state index contributed by atoms with van der Waals surface area (Å²) in [4.78, 5) is 13.2. The number of H-pyrrole nitrogens is 1. The van der Waals surface area contributed by atoms with Crippen molar-refractivity contribution in [3.05, 3.63) is 18.0 Å². The van der Waals surface area contributed by atoms with E-state index in [0.29, 0.717) is 5.92 Å². The Kier molecular flexibility index (Phi) is 4.49. The van der Waals surface area contributed by atoms with Crippen LogP contribution in [0.4, 0.5) is 0 Å². The Balaban J connectivity index is 2.15. The van der Waals surface area contributed by atoms with Crippen LogP contribution in [-0.4, -0.2) is 30.5 Å². The maximum atomic E-state index is 12.3. The second-order valence-corrected chi connectivity index (χ2v) is 7.11. The molecule has 0 bridgehead atoms. The minimum Gasteiger partial charge on any atom is -0.477 e. The molecule has 1 aromatic rings. The second kappa shape index (κ2) is 5.97. The molecule has 0 saturated heterocycles. The van der Waals surface area contributed by atoms with E-state index in [2.05, 4.69) is 16.6 Å². The van der Waals surface area contributed by atoms with Crippen molar-refractivity contribution in [2.24, 2.45) is 5.92 Å². The monoisotopic (exact) mass is 300 g/mol. The largest absolute Gasteiger partial charge is 0.477 e. The molecule has 1 saturated carbocycles. The summed E-state index contributed by atoms with van der Waals surface area (Å²) in [5.41, 5.74) is -0.126. The van der Waals surface area contributed by atoms with Crippen molar-refractivity contribution in [2.45, 2.75) is 50.0 Å². The molecule has 1 aliphatic carbocycles. The first-order valence-corrected chi connectivity index (χ1v) is 8.32. The third-order valence-electron chi connectivity index (χ3n) is 3.87. The summed E-state index contributed by atoms with van der Waals surface area (Å²) in [6.45, 7) is 2.05. The third-order valence-corrected chi connectivity index (χ3v) is 5.33. The lowest BCUT2D eigenvalue weighted by Gasteiger charge is -2.22. The van der Waals surface area contributed by atoms with Crippen molar-refractivity contribution in [1.29, 1.82) is 0 Å². The normalized spacial score (nSPS) is 24.2. The highest BCUT2D eigenvalue weighted by Crippen LogP contribution is 2.24. The average molecular weight is 300 g/mol. The molecule has 3 N–H and O–H groups in total. The van der Waals surface area contributed by atoms with E-state index in [1.165, 1.54) is 6.20 Å². The van der Waals surface area contributed by atoms with Crippen LogP contribution in [-0.2, 0) is 10.0 Å². The van der Waals surface area contributed by atoms with Gasteiger partial charge in [-0.3, -0.25) is 0 Å². The summed E-state index contributed by atoms with van der Waals surface area (Å²) in [5.74, 6) is -0.876. The maximum absolute atomic E-state index is 12.3. The molecule has 0 amide bonds. The summed E-state index contributed by atoms with van der Waals surface area (Å²) >= 11 is 0. The number of carboxylic acid groups (broad SMARTS) is 1. The van der Waals surface area contributed by atoms with Gasteiger partial charge in [-0.25, -0.2) is 17.9 Å². The van der Waals surface area contributed by atoms with Crippen molar-refractivity contribution < 1.29 is 18.3 Å². The summed E-state index contributed by atoms with van der Waals surface area (Å²) in [7, 11) is -3.67. The summed E-state index contributed by atoms with van der Waals surface area (Å²) in [6, 6.07) is 1.07. The van der Waals surface area contributed by atoms with E-state index in [1.54, 1.807) is 0 Å². The highest BCUT2D eigenvalue weighted by Gasteiger charge is 2.26. The SMILES string of the molecule is CC1CCCCCC1NS(=O)(=O)c1c[nH]c(C(=O)O)c1. The number of aromatic nitrogens is 1. The molecule has 1 aliphatic rings. The highest BCUT2D eigenvalue weighted by atomic mass is 32.2. The number of nitrogens with one attached hydrogen (secondary N) is 2. The van der Waals surface area contributed by atoms with Gasteiger partial charge < -0.3 is 10.1 Å². The fourth-order valence-corrected chi connectivity index (χ4v) is 3.96. The van der Waals surface area contributed by atoms with Gasteiger partial charge in [-0.05, 0) is 24.8 Å². The number of carboxylic acids is 1. The Morgan fingerprint density at radius 1 is 1.35 bits per heavy atom. The quantitative estimate of drug-likeness (QED) is 0.740. The van der Waals surface area contributed by atoms with Gasteiger partial charge in [0.2, 0.25) is 10.0 Å². The number of rotatable bonds is 4. The minimum absolute atomic E-state index is 0.0219. The zero-order valence-electron chi connectivity index (χ0n) is 11.4. The fourth-order valence-electron chi connectivity index (χ4n) is 2.59.